The summed E-state index contributed by atoms with van der Waals surface area (Å²) in [6.45, 7) is 1.17. The Morgan fingerprint density at radius 1 is 1.44 bits per heavy atom. The lowest BCUT2D eigenvalue weighted by atomic mass is 10.1. The van der Waals surface area contributed by atoms with Crippen LogP contribution in [0.1, 0.15) is 6.42 Å². The van der Waals surface area contributed by atoms with Crippen LogP contribution in [0.25, 0.3) is 11.2 Å². The monoisotopic (exact) mass is 251 g/mol. The Morgan fingerprint density at radius 2 is 2.28 bits per heavy atom. The SMILES string of the molecule is O=c1[nH]cnc2c1ncn2N1CC[C@@H](C(O)O)C1. The molecule has 0 radical (unpaired) electrons. The number of hydrogen-bond acceptors (Lipinski definition) is 6. The first-order valence-corrected chi connectivity index (χ1v) is 5.69. The van der Waals surface area contributed by atoms with E-state index in [-0.39, 0.29) is 17.0 Å². The van der Waals surface area contributed by atoms with Crippen LogP contribution in [0.15, 0.2) is 17.4 Å². The molecule has 3 N–H and O–H groups in total. The van der Waals surface area contributed by atoms with Crippen molar-refractivity contribution in [2.24, 2.45) is 5.92 Å². The molecule has 1 fully saturated rings. The summed E-state index contributed by atoms with van der Waals surface area (Å²) in [4.78, 5) is 22.1. The normalized spacial score (nSPS) is 20.2. The van der Waals surface area contributed by atoms with E-state index in [1.807, 2.05) is 5.01 Å². The molecular formula is C10H13N5O3. The third-order valence-corrected chi connectivity index (χ3v) is 3.25. The van der Waals surface area contributed by atoms with Gasteiger partial charge in [0.15, 0.2) is 17.5 Å². The number of imidazole rings is 1. The van der Waals surface area contributed by atoms with Crippen molar-refractivity contribution in [3.8, 4) is 0 Å². The number of nitrogens with zero attached hydrogens (tertiary/aromatic N) is 4. The average Bonchev–Trinajstić information content (AvgIpc) is 2.94. The van der Waals surface area contributed by atoms with Gasteiger partial charge in [-0.1, -0.05) is 0 Å². The zero-order valence-electron chi connectivity index (χ0n) is 9.52. The smallest absolute Gasteiger partial charge is 0.278 e. The Balaban J connectivity index is 1.97. The molecule has 3 heterocycles. The van der Waals surface area contributed by atoms with Crippen LogP contribution < -0.4 is 10.6 Å². The second-order valence-electron chi connectivity index (χ2n) is 4.37. The molecule has 2 aromatic heterocycles. The topological polar surface area (TPSA) is 107 Å². The van der Waals surface area contributed by atoms with Gasteiger partial charge in [0.25, 0.3) is 5.56 Å². The Hall–Kier alpha value is -1.93. The number of aliphatic hydroxyl groups is 2. The number of aromatic amines is 1. The Morgan fingerprint density at radius 3 is 3.00 bits per heavy atom. The number of fused-ring (bicyclic) bond motifs is 1. The van der Waals surface area contributed by atoms with E-state index in [9.17, 15) is 4.79 Å². The van der Waals surface area contributed by atoms with Gasteiger partial charge in [0.2, 0.25) is 0 Å². The van der Waals surface area contributed by atoms with E-state index >= 15 is 0 Å². The molecule has 2 aromatic rings. The van der Waals surface area contributed by atoms with E-state index < -0.39 is 6.29 Å². The maximum absolute atomic E-state index is 11.5. The Bertz CT molecular complexity index is 619. The summed E-state index contributed by atoms with van der Waals surface area (Å²) >= 11 is 0. The molecule has 96 valence electrons. The number of hydrogen-bond donors (Lipinski definition) is 3. The van der Waals surface area contributed by atoms with Gasteiger partial charge in [-0.2, -0.15) is 0 Å². The number of H-pyrrole nitrogens is 1. The average molecular weight is 251 g/mol. The van der Waals surface area contributed by atoms with Crippen LogP contribution >= 0.6 is 0 Å². The largest absolute Gasteiger partial charge is 0.368 e. The van der Waals surface area contributed by atoms with Crippen molar-refractivity contribution in [1.82, 2.24) is 19.6 Å². The van der Waals surface area contributed by atoms with E-state index in [1.54, 1.807) is 4.68 Å². The fourth-order valence-electron chi connectivity index (χ4n) is 2.25. The van der Waals surface area contributed by atoms with Crippen molar-refractivity contribution in [2.45, 2.75) is 12.7 Å². The molecule has 1 atom stereocenters. The molecule has 18 heavy (non-hydrogen) atoms. The lowest BCUT2D eigenvalue weighted by Crippen LogP contribution is -2.33. The fourth-order valence-corrected chi connectivity index (χ4v) is 2.25. The van der Waals surface area contributed by atoms with Crippen LogP contribution in [0, 0.1) is 5.92 Å². The zero-order chi connectivity index (χ0) is 12.7. The molecule has 0 aliphatic carbocycles. The molecule has 0 aromatic carbocycles. The van der Waals surface area contributed by atoms with Crippen LogP contribution in [0.4, 0.5) is 0 Å². The summed E-state index contributed by atoms with van der Waals surface area (Å²) in [5, 5.41) is 20.2. The third-order valence-electron chi connectivity index (χ3n) is 3.25. The second-order valence-corrected chi connectivity index (χ2v) is 4.37. The van der Waals surface area contributed by atoms with Crippen molar-refractivity contribution in [1.29, 1.82) is 0 Å². The molecule has 0 bridgehead atoms. The zero-order valence-corrected chi connectivity index (χ0v) is 9.52. The molecule has 0 unspecified atom stereocenters. The first-order chi connectivity index (χ1) is 8.66. The van der Waals surface area contributed by atoms with Crippen LogP contribution in [0.5, 0.6) is 0 Å². The third kappa shape index (κ3) is 1.66. The minimum atomic E-state index is -1.32. The summed E-state index contributed by atoms with van der Waals surface area (Å²) in [5.41, 5.74) is 0.481. The fraction of sp³-hybridized carbons (Fsp3) is 0.500. The highest BCUT2D eigenvalue weighted by Crippen LogP contribution is 2.19. The first kappa shape index (κ1) is 11.2. The second kappa shape index (κ2) is 4.07. The minimum Gasteiger partial charge on any atom is -0.368 e. The maximum atomic E-state index is 11.5. The number of rotatable bonds is 2. The quantitative estimate of drug-likeness (QED) is 0.554. The van der Waals surface area contributed by atoms with Gasteiger partial charge in [-0.15, -0.1) is 0 Å². The van der Waals surface area contributed by atoms with Gasteiger partial charge in [0, 0.05) is 19.0 Å². The highest BCUT2D eigenvalue weighted by molar-refractivity contribution is 5.69. The summed E-state index contributed by atoms with van der Waals surface area (Å²) in [5.74, 6) is -0.190. The minimum absolute atomic E-state index is 0.190. The molecule has 0 saturated carbocycles. The van der Waals surface area contributed by atoms with E-state index in [4.69, 9.17) is 10.2 Å². The number of aromatic nitrogens is 4. The summed E-state index contributed by atoms with van der Waals surface area (Å²) in [7, 11) is 0. The number of aliphatic hydroxyl groups excluding tert-OH is 1. The summed E-state index contributed by atoms with van der Waals surface area (Å²) in [6, 6.07) is 0. The molecule has 3 rings (SSSR count). The maximum Gasteiger partial charge on any atom is 0.278 e. The van der Waals surface area contributed by atoms with Gasteiger partial charge in [-0.05, 0) is 6.42 Å². The lowest BCUT2D eigenvalue weighted by molar-refractivity contribution is -0.0774. The van der Waals surface area contributed by atoms with Crippen molar-refractivity contribution in [3.63, 3.8) is 0 Å². The van der Waals surface area contributed by atoms with Gasteiger partial charge in [0.1, 0.15) is 6.33 Å². The van der Waals surface area contributed by atoms with E-state index in [1.165, 1.54) is 12.7 Å². The van der Waals surface area contributed by atoms with Gasteiger partial charge in [0.05, 0.1) is 6.33 Å². The van der Waals surface area contributed by atoms with E-state index in [2.05, 4.69) is 15.0 Å². The Labute approximate surface area is 101 Å². The highest BCUT2D eigenvalue weighted by Gasteiger charge is 2.28. The standard InChI is InChI=1S/C10H13N5O3/c16-9-7-8(11-4-12-9)15(5-13-7)14-2-1-6(3-14)10(17)18/h4-6,10,17-18H,1-3H2,(H,11,12,16)/t6-/m1/s1. The van der Waals surface area contributed by atoms with Crippen LogP contribution in [0.2, 0.25) is 0 Å². The van der Waals surface area contributed by atoms with E-state index in [0.717, 1.165) is 0 Å². The van der Waals surface area contributed by atoms with Crippen molar-refractivity contribution in [3.05, 3.63) is 23.0 Å². The highest BCUT2D eigenvalue weighted by atomic mass is 16.5. The molecular weight excluding hydrogens is 238 g/mol. The molecule has 1 aliphatic rings. The Kier molecular flexibility index (Phi) is 2.53. The molecule has 0 spiro atoms. The van der Waals surface area contributed by atoms with Crippen molar-refractivity contribution < 1.29 is 10.2 Å². The predicted molar refractivity (Wildman–Crippen MR) is 62.4 cm³/mol. The van der Waals surface area contributed by atoms with Crippen molar-refractivity contribution >= 4 is 11.2 Å². The summed E-state index contributed by atoms with van der Waals surface area (Å²) < 4.78 is 1.69. The van der Waals surface area contributed by atoms with Crippen LogP contribution in [0.3, 0.4) is 0 Å². The van der Waals surface area contributed by atoms with Gasteiger partial charge in [-0.25, -0.2) is 14.6 Å². The summed E-state index contributed by atoms with van der Waals surface area (Å²) in [6.07, 6.45) is 2.22. The first-order valence-electron chi connectivity index (χ1n) is 5.69. The molecule has 0 amide bonds. The van der Waals surface area contributed by atoms with E-state index in [0.29, 0.717) is 25.2 Å². The van der Waals surface area contributed by atoms with Gasteiger partial charge >= 0.3 is 0 Å². The molecule has 8 nitrogen and oxygen atoms in total. The molecule has 1 saturated heterocycles. The van der Waals surface area contributed by atoms with Crippen molar-refractivity contribution in [2.75, 3.05) is 18.1 Å². The molecule has 1 aliphatic heterocycles. The predicted octanol–water partition coefficient (Wildman–Crippen LogP) is -1.61. The van der Waals surface area contributed by atoms with Gasteiger partial charge < -0.3 is 20.2 Å². The lowest BCUT2D eigenvalue weighted by Gasteiger charge is -2.20. The van der Waals surface area contributed by atoms with Gasteiger partial charge in [-0.3, -0.25) is 4.79 Å². The van der Waals surface area contributed by atoms with Crippen LogP contribution in [-0.2, 0) is 0 Å². The van der Waals surface area contributed by atoms with Crippen LogP contribution in [-0.4, -0.2) is 49.2 Å². The molecule has 8 heteroatoms. The number of nitrogens with one attached hydrogen (secondary N) is 1.